The first-order valence-electron chi connectivity index (χ1n) is 9.69. The quantitative estimate of drug-likeness (QED) is 0.691. The van der Waals surface area contributed by atoms with Gasteiger partial charge in [0.05, 0.1) is 16.8 Å². The van der Waals surface area contributed by atoms with Crippen molar-refractivity contribution >= 4 is 28.9 Å². The number of nitrogens with zero attached hydrogens (tertiary/aromatic N) is 2. The molecule has 0 spiro atoms. The van der Waals surface area contributed by atoms with E-state index in [9.17, 15) is 9.59 Å². The molecule has 0 aliphatic heterocycles. The molecule has 29 heavy (non-hydrogen) atoms. The topological polar surface area (TPSA) is 76.0 Å². The maximum Gasteiger partial charge on any atom is 0.260 e. The predicted molar refractivity (Wildman–Crippen MR) is 113 cm³/mol. The molecular weight excluding hydrogens is 395 g/mol. The third-order valence-corrected chi connectivity index (χ3v) is 5.35. The number of nitrogens with one attached hydrogen (secondary N) is 2. The second-order valence-electron chi connectivity index (χ2n) is 6.95. The van der Waals surface area contributed by atoms with Crippen molar-refractivity contribution in [1.82, 2.24) is 14.9 Å². The lowest BCUT2D eigenvalue weighted by atomic mass is 9.83. The summed E-state index contributed by atoms with van der Waals surface area (Å²) in [5.74, 6) is -0.784. The first-order chi connectivity index (χ1) is 13.9. The fourth-order valence-corrected chi connectivity index (χ4v) is 3.89. The van der Waals surface area contributed by atoms with Crippen LogP contribution in [-0.2, 0) is 6.54 Å². The van der Waals surface area contributed by atoms with E-state index in [0.717, 1.165) is 12.8 Å². The van der Waals surface area contributed by atoms with E-state index in [1.165, 1.54) is 30.1 Å². The summed E-state index contributed by atoms with van der Waals surface area (Å²) in [6.45, 7) is 4.19. The van der Waals surface area contributed by atoms with Gasteiger partial charge in [-0.05, 0) is 31.7 Å². The molecule has 2 heterocycles. The highest BCUT2D eigenvalue weighted by molar-refractivity contribution is 6.29. The van der Waals surface area contributed by atoms with E-state index < -0.39 is 0 Å². The molecule has 0 saturated heterocycles. The molecule has 1 aliphatic rings. The van der Waals surface area contributed by atoms with Crippen LogP contribution < -0.4 is 16.2 Å². The number of hydrogen-bond donors (Lipinski definition) is 2. The molecule has 2 aromatic heterocycles. The molecule has 2 aromatic rings. The van der Waals surface area contributed by atoms with Gasteiger partial charge in [-0.2, -0.15) is 0 Å². The Morgan fingerprint density at radius 1 is 1.41 bits per heavy atom. The van der Waals surface area contributed by atoms with Gasteiger partial charge in [-0.15, -0.1) is 0 Å². The van der Waals surface area contributed by atoms with Crippen LogP contribution in [0.1, 0.15) is 60.5 Å². The van der Waals surface area contributed by atoms with Crippen molar-refractivity contribution in [3.63, 3.8) is 0 Å². The van der Waals surface area contributed by atoms with Gasteiger partial charge in [0.2, 0.25) is 0 Å². The minimum absolute atomic E-state index is 0.0563. The lowest BCUT2D eigenvalue weighted by Gasteiger charge is -2.27. The Balaban J connectivity index is 2.15. The van der Waals surface area contributed by atoms with Crippen molar-refractivity contribution < 1.29 is 9.18 Å². The minimum atomic E-state index is -0.383. The zero-order valence-electron chi connectivity index (χ0n) is 16.7. The van der Waals surface area contributed by atoms with E-state index >= 15 is 4.39 Å². The van der Waals surface area contributed by atoms with Crippen LogP contribution >= 0.6 is 11.6 Å². The van der Waals surface area contributed by atoms with Gasteiger partial charge in [0, 0.05) is 37.2 Å². The van der Waals surface area contributed by atoms with Crippen molar-refractivity contribution in [2.45, 2.75) is 45.6 Å². The zero-order chi connectivity index (χ0) is 21.1. The van der Waals surface area contributed by atoms with E-state index in [4.69, 9.17) is 11.6 Å². The molecular formula is C21H24ClFN4O2. The van der Waals surface area contributed by atoms with Gasteiger partial charge in [0.1, 0.15) is 11.0 Å². The smallest absolute Gasteiger partial charge is 0.260 e. The van der Waals surface area contributed by atoms with Crippen LogP contribution in [0, 0.1) is 5.82 Å². The monoisotopic (exact) mass is 418 g/mol. The molecule has 154 valence electrons. The predicted octanol–water partition coefficient (Wildman–Crippen LogP) is 4.16. The molecule has 0 bridgehead atoms. The van der Waals surface area contributed by atoms with E-state index in [-0.39, 0.29) is 33.9 Å². The number of fused-ring (bicyclic) bond motifs is 1. The summed E-state index contributed by atoms with van der Waals surface area (Å²) in [6.07, 6.45) is 6.82. The molecule has 1 unspecified atom stereocenters. The van der Waals surface area contributed by atoms with E-state index in [2.05, 4.69) is 15.6 Å². The molecule has 3 rings (SSSR count). The summed E-state index contributed by atoms with van der Waals surface area (Å²) >= 11 is 6.02. The van der Waals surface area contributed by atoms with Gasteiger partial charge in [-0.1, -0.05) is 31.0 Å². The first kappa shape index (κ1) is 21.0. The van der Waals surface area contributed by atoms with Crippen LogP contribution in [0.2, 0.25) is 5.15 Å². The third-order valence-electron chi connectivity index (χ3n) is 5.14. The molecule has 1 atom stereocenters. The van der Waals surface area contributed by atoms with E-state index in [1.807, 2.05) is 13.0 Å². The van der Waals surface area contributed by atoms with Crippen LogP contribution in [0.5, 0.6) is 0 Å². The SMILES string of the molecule is CCCC1CC=C(Nc2cc(Cl)ncc2C(=O)NC)c2c1c(F)cn(CC)c2=O. The van der Waals surface area contributed by atoms with Crippen molar-refractivity contribution in [1.29, 1.82) is 0 Å². The molecule has 1 aliphatic carbocycles. The Kier molecular flexibility index (Phi) is 6.37. The Morgan fingerprint density at radius 2 is 2.17 bits per heavy atom. The van der Waals surface area contributed by atoms with Gasteiger partial charge >= 0.3 is 0 Å². The normalized spacial score (nSPS) is 15.5. The summed E-state index contributed by atoms with van der Waals surface area (Å²) in [7, 11) is 1.51. The standard InChI is InChI=1S/C21H24ClFN4O2/c1-4-6-12-7-8-15(19-18(12)14(23)11-27(5-2)21(19)29)26-16-9-17(22)25-10-13(16)20(28)24-3/h8-12H,4-7H2,1-3H3,(H,24,28)(H,25,26). The number of anilines is 1. The number of amides is 1. The number of aryl methyl sites for hydroxylation is 1. The maximum atomic E-state index is 15.0. The number of hydrogen-bond acceptors (Lipinski definition) is 4. The highest BCUT2D eigenvalue weighted by atomic mass is 35.5. The third kappa shape index (κ3) is 4.05. The lowest BCUT2D eigenvalue weighted by Crippen LogP contribution is -2.30. The Bertz CT molecular complexity index is 1030. The molecule has 2 N–H and O–H groups in total. The number of rotatable bonds is 6. The van der Waals surface area contributed by atoms with Crippen molar-refractivity contribution in [3.05, 3.63) is 62.6 Å². The molecule has 0 fully saturated rings. The van der Waals surface area contributed by atoms with Crippen molar-refractivity contribution in [2.75, 3.05) is 12.4 Å². The summed E-state index contributed by atoms with van der Waals surface area (Å²) in [4.78, 5) is 29.3. The summed E-state index contributed by atoms with van der Waals surface area (Å²) < 4.78 is 16.4. The largest absolute Gasteiger partial charge is 0.355 e. The highest BCUT2D eigenvalue weighted by Gasteiger charge is 2.29. The molecule has 0 saturated carbocycles. The van der Waals surface area contributed by atoms with Crippen LogP contribution in [0.3, 0.4) is 0 Å². The number of carbonyl (C=O) groups is 1. The zero-order valence-corrected chi connectivity index (χ0v) is 17.4. The van der Waals surface area contributed by atoms with Crippen molar-refractivity contribution in [2.24, 2.45) is 0 Å². The molecule has 8 heteroatoms. The minimum Gasteiger partial charge on any atom is -0.355 e. The van der Waals surface area contributed by atoms with E-state index in [1.54, 1.807) is 6.92 Å². The number of pyridine rings is 2. The van der Waals surface area contributed by atoms with Gasteiger partial charge in [0.25, 0.3) is 11.5 Å². The number of aromatic nitrogens is 2. The molecule has 1 amide bonds. The van der Waals surface area contributed by atoms with Crippen LogP contribution in [0.15, 0.2) is 29.3 Å². The average molecular weight is 419 g/mol. The first-order valence-corrected chi connectivity index (χ1v) is 10.1. The Morgan fingerprint density at radius 3 is 2.83 bits per heavy atom. The highest BCUT2D eigenvalue weighted by Crippen LogP contribution is 2.38. The van der Waals surface area contributed by atoms with E-state index in [0.29, 0.717) is 35.5 Å². The van der Waals surface area contributed by atoms with Crippen LogP contribution in [-0.4, -0.2) is 22.5 Å². The van der Waals surface area contributed by atoms with Gasteiger partial charge in [0.15, 0.2) is 0 Å². The summed E-state index contributed by atoms with van der Waals surface area (Å²) in [5, 5.41) is 5.89. The van der Waals surface area contributed by atoms with Crippen LogP contribution in [0.25, 0.3) is 5.70 Å². The Hall–Kier alpha value is -2.67. The second-order valence-corrected chi connectivity index (χ2v) is 7.34. The number of carbonyl (C=O) groups excluding carboxylic acids is 1. The fraction of sp³-hybridized carbons (Fsp3) is 0.381. The lowest BCUT2D eigenvalue weighted by molar-refractivity contribution is 0.0963. The maximum absolute atomic E-state index is 15.0. The molecule has 0 radical (unpaired) electrons. The number of halogens is 2. The van der Waals surface area contributed by atoms with Gasteiger partial charge < -0.3 is 15.2 Å². The fourth-order valence-electron chi connectivity index (χ4n) is 3.74. The Labute approximate surface area is 173 Å². The van der Waals surface area contributed by atoms with Gasteiger partial charge in [-0.25, -0.2) is 9.37 Å². The molecule has 6 nitrogen and oxygen atoms in total. The second kappa shape index (κ2) is 8.78. The summed E-state index contributed by atoms with van der Waals surface area (Å²) in [6, 6.07) is 1.52. The average Bonchev–Trinajstić information content (AvgIpc) is 2.71. The van der Waals surface area contributed by atoms with Gasteiger partial charge in [-0.3, -0.25) is 9.59 Å². The number of allylic oxidation sites excluding steroid dienone is 1. The molecule has 0 aromatic carbocycles. The van der Waals surface area contributed by atoms with Crippen molar-refractivity contribution in [3.8, 4) is 0 Å². The summed E-state index contributed by atoms with van der Waals surface area (Å²) in [5.41, 5.74) is 1.65. The van der Waals surface area contributed by atoms with Crippen LogP contribution in [0.4, 0.5) is 10.1 Å².